The van der Waals surface area contributed by atoms with Gasteiger partial charge in [-0.3, -0.25) is 4.98 Å². The monoisotopic (exact) mass is 441 g/mol. The molecule has 0 radical (unpaired) electrons. The zero-order valence-electron chi connectivity index (χ0n) is 18.6. The minimum atomic E-state index is -0.706. The van der Waals surface area contributed by atoms with E-state index in [0.717, 1.165) is 22.4 Å². The van der Waals surface area contributed by atoms with Crippen molar-refractivity contribution in [1.82, 2.24) is 9.88 Å². The Morgan fingerprint density at radius 1 is 1.15 bits per heavy atom. The number of aromatic nitrogens is 1. The van der Waals surface area contributed by atoms with Crippen LogP contribution in [0.15, 0.2) is 72.9 Å². The van der Waals surface area contributed by atoms with E-state index in [1.54, 1.807) is 17.2 Å². The van der Waals surface area contributed by atoms with Crippen LogP contribution in [0.25, 0.3) is 11.3 Å². The molecular formula is C27H27N3O3. The summed E-state index contributed by atoms with van der Waals surface area (Å²) in [5, 5.41) is 18.3. The largest absolute Gasteiger partial charge is 0.438 e. The predicted molar refractivity (Wildman–Crippen MR) is 125 cm³/mol. The molecule has 1 amide bonds. The number of benzene rings is 2. The molecule has 33 heavy (non-hydrogen) atoms. The molecule has 0 saturated carbocycles. The molecule has 0 bridgehead atoms. The van der Waals surface area contributed by atoms with Crippen molar-refractivity contribution in [1.29, 1.82) is 5.26 Å². The third kappa shape index (κ3) is 4.74. The second-order valence-electron chi connectivity index (χ2n) is 8.34. The molecular weight excluding hydrogens is 414 g/mol. The smallest absolute Gasteiger partial charge is 0.411 e. The van der Waals surface area contributed by atoms with Crippen molar-refractivity contribution in [3.63, 3.8) is 0 Å². The summed E-state index contributed by atoms with van der Waals surface area (Å²) in [6.45, 7) is 2.63. The van der Waals surface area contributed by atoms with Crippen LogP contribution >= 0.6 is 0 Å². The molecule has 1 saturated heterocycles. The molecule has 6 nitrogen and oxygen atoms in total. The van der Waals surface area contributed by atoms with Crippen LogP contribution in [0.5, 0.6) is 0 Å². The Hall–Kier alpha value is -3.69. The molecule has 1 fully saturated rings. The molecule has 2 heterocycles. The van der Waals surface area contributed by atoms with Crippen molar-refractivity contribution in [2.45, 2.75) is 37.8 Å². The Labute approximate surface area is 194 Å². The van der Waals surface area contributed by atoms with Gasteiger partial charge in [0.15, 0.2) is 0 Å². The summed E-state index contributed by atoms with van der Waals surface area (Å²) in [5.74, 6) is 0. The standard InChI is InChI=1S/C27H27N3O3/c1-20(22-9-11-23(12-10-22)25-13-8-21(18-28)19-29-25)30-16-15-27(14-5-17-31,33-26(30)32)24-6-3-2-4-7-24/h2-4,6-13,19-20,31H,5,14-17H2,1H3/t20-,27?/m0/s1. The van der Waals surface area contributed by atoms with Crippen LogP contribution in [-0.4, -0.2) is 34.2 Å². The van der Waals surface area contributed by atoms with E-state index in [-0.39, 0.29) is 18.7 Å². The first-order valence-electron chi connectivity index (χ1n) is 11.2. The van der Waals surface area contributed by atoms with Crippen molar-refractivity contribution in [3.05, 3.63) is 89.6 Å². The molecule has 6 heteroatoms. The summed E-state index contributed by atoms with van der Waals surface area (Å²) >= 11 is 0. The molecule has 1 aliphatic rings. The van der Waals surface area contributed by atoms with Gasteiger partial charge in [-0.15, -0.1) is 0 Å². The molecule has 168 valence electrons. The Kier molecular flexibility index (Phi) is 6.71. The quantitative estimate of drug-likeness (QED) is 0.545. The van der Waals surface area contributed by atoms with Gasteiger partial charge >= 0.3 is 6.09 Å². The maximum Gasteiger partial charge on any atom is 0.411 e. The van der Waals surface area contributed by atoms with Gasteiger partial charge in [0.05, 0.1) is 17.3 Å². The second kappa shape index (κ2) is 9.85. The van der Waals surface area contributed by atoms with Gasteiger partial charge in [-0.2, -0.15) is 5.26 Å². The molecule has 4 rings (SSSR count). The maximum atomic E-state index is 13.1. The van der Waals surface area contributed by atoms with Gasteiger partial charge in [0.1, 0.15) is 11.7 Å². The Bertz CT molecular complexity index is 1120. The third-order valence-corrected chi connectivity index (χ3v) is 6.36. The number of aliphatic hydroxyl groups excluding tert-OH is 1. The van der Waals surface area contributed by atoms with Gasteiger partial charge in [0.25, 0.3) is 0 Å². The van der Waals surface area contributed by atoms with Gasteiger partial charge in [-0.25, -0.2) is 4.79 Å². The summed E-state index contributed by atoms with van der Waals surface area (Å²) in [4.78, 5) is 19.2. The average molecular weight is 442 g/mol. The molecule has 2 aromatic carbocycles. The number of hydrogen-bond acceptors (Lipinski definition) is 5. The van der Waals surface area contributed by atoms with E-state index in [9.17, 15) is 9.90 Å². The minimum Gasteiger partial charge on any atom is -0.438 e. The van der Waals surface area contributed by atoms with E-state index in [2.05, 4.69) is 11.1 Å². The second-order valence-corrected chi connectivity index (χ2v) is 8.34. The topological polar surface area (TPSA) is 86.5 Å². The lowest BCUT2D eigenvalue weighted by Gasteiger charge is -2.43. The van der Waals surface area contributed by atoms with Crippen LogP contribution in [0.2, 0.25) is 0 Å². The van der Waals surface area contributed by atoms with E-state index in [1.807, 2.05) is 67.6 Å². The number of pyridine rings is 1. The van der Waals surface area contributed by atoms with Crippen molar-refractivity contribution in [3.8, 4) is 17.3 Å². The van der Waals surface area contributed by atoms with Crippen molar-refractivity contribution in [2.75, 3.05) is 13.2 Å². The van der Waals surface area contributed by atoms with Crippen LogP contribution in [0.1, 0.15) is 48.9 Å². The average Bonchev–Trinajstić information content (AvgIpc) is 2.88. The fourth-order valence-electron chi connectivity index (χ4n) is 4.39. The van der Waals surface area contributed by atoms with Crippen molar-refractivity contribution >= 4 is 6.09 Å². The summed E-state index contributed by atoms with van der Waals surface area (Å²) < 4.78 is 6.07. The SMILES string of the molecule is C[C@@H](c1ccc(-c2ccc(C#N)cn2)cc1)N1CCC(CCCO)(c2ccccc2)OC1=O. The Morgan fingerprint density at radius 2 is 1.91 bits per heavy atom. The van der Waals surface area contributed by atoms with Crippen molar-refractivity contribution < 1.29 is 14.6 Å². The molecule has 1 unspecified atom stereocenters. The van der Waals surface area contributed by atoms with Crippen LogP contribution in [-0.2, 0) is 10.3 Å². The number of rotatable bonds is 7. The number of hydrogen-bond donors (Lipinski definition) is 1. The third-order valence-electron chi connectivity index (χ3n) is 6.36. The van der Waals surface area contributed by atoms with Crippen LogP contribution in [0.3, 0.4) is 0 Å². The van der Waals surface area contributed by atoms with Gasteiger partial charge in [0, 0.05) is 31.3 Å². The first-order chi connectivity index (χ1) is 16.1. The highest BCUT2D eigenvalue weighted by atomic mass is 16.6. The fourth-order valence-corrected chi connectivity index (χ4v) is 4.39. The Balaban J connectivity index is 1.49. The number of aliphatic hydroxyl groups is 1. The number of carbonyl (C=O) groups excluding carboxylic acids is 1. The highest BCUT2D eigenvalue weighted by Crippen LogP contribution is 2.40. The summed E-state index contributed by atoms with van der Waals surface area (Å²) in [6, 6.07) is 23.3. The van der Waals surface area contributed by atoms with E-state index in [4.69, 9.17) is 10.00 Å². The Morgan fingerprint density at radius 3 is 2.52 bits per heavy atom. The van der Waals surface area contributed by atoms with Gasteiger partial charge in [0.2, 0.25) is 0 Å². The lowest BCUT2D eigenvalue weighted by atomic mass is 9.84. The number of ether oxygens (including phenoxy) is 1. The molecule has 1 aromatic heterocycles. The lowest BCUT2D eigenvalue weighted by Crippen LogP contribution is -2.48. The molecule has 0 spiro atoms. The van der Waals surface area contributed by atoms with Crippen molar-refractivity contribution in [2.24, 2.45) is 0 Å². The number of nitriles is 1. The molecule has 3 aromatic rings. The zero-order valence-corrected chi connectivity index (χ0v) is 18.6. The first-order valence-corrected chi connectivity index (χ1v) is 11.2. The predicted octanol–water partition coefficient (Wildman–Crippen LogP) is 5.19. The summed E-state index contributed by atoms with van der Waals surface area (Å²) in [7, 11) is 0. The van der Waals surface area contributed by atoms with Gasteiger partial charge < -0.3 is 14.7 Å². The highest BCUT2D eigenvalue weighted by Gasteiger charge is 2.43. The minimum absolute atomic E-state index is 0.0622. The molecule has 2 atom stereocenters. The van der Waals surface area contributed by atoms with Crippen LogP contribution in [0, 0.1) is 11.3 Å². The van der Waals surface area contributed by atoms with E-state index in [1.165, 1.54) is 0 Å². The van der Waals surface area contributed by atoms with Gasteiger partial charge in [-0.05, 0) is 43.0 Å². The molecule has 0 aliphatic carbocycles. The summed E-state index contributed by atoms with van der Waals surface area (Å²) in [5.41, 5.74) is 3.54. The highest BCUT2D eigenvalue weighted by molar-refractivity contribution is 5.70. The van der Waals surface area contributed by atoms with Crippen LogP contribution in [0.4, 0.5) is 4.79 Å². The van der Waals surface area contributed by atoms with E-state index in [0.29, 0.717) is 31.4 Å². The first kappa shape index (κ1) is 22.5. The zero-order chi connectivity index (χ0) is 23.3. The van der Waals surface area contributed by atoms with Crippen LogP contribution < -0.4 is 0 Å². The van der Waals surface area contributed by atoms with E-state index < -0.39 is 5.60 Å². The number of amides is 1. The van der Waals surface area contributed by atoms with E-state index >= 15 is 0 Å². The number of carbonyl (C=O) groups is 1. The number of nitrogens with zero attached hydrogens (tertiary/aromatic N) is 3. The number of cyclic esters (lactones) is 1. The molecule has 1 N–H and O–H groups in total. The summed E-state index contributed by atoms with van der Waals surface area (Å²) in [6.07, 6.45) is 3.05. The maximum absolute atomic E-state index is 13.1. The van der Waals surface area contributed by atoms with Gasteiger partial charge in [-0.1, -0.05) is 54.6 Å². The molecule has 1 aliphatic heterocycles. The fraction of sp³-hybridized carbons (Fsp3) is 0.296. The lowest BCUT2D eigenvalue weighted by molar-refractivity contribution is -0.0680. The normalized spacial score (nSPS) is 18.9.